The summed E-state index contributed by atoms with van der Waals surface area (Å²) in [5.41, 5.74) is -1.00. The van der Waals surface area contributed by atoms with Gasteiger partial charge in [0, 0.05) is 12.8 Å². The highest BCUT2D eigenvalue weighted by Crippen LogP contribution is 2.34. The zero-order valence-electron chi connectivity index (χ0n) is 8.73. The minimum absolute atomic E-state index is 0.0973. The number of nitrogens with one attached hydrogen (secondary N) is 1. The number of β-amino-alcohol motifs (C(OH)–C–C–N with tert-alkyl or cyclic N) is 1. The molecule has 86 valence electrons. The maximum absolute atomic E-state index is 11.5. The Morgan fingerprint density at radius 3 is 2.80 bits per heavy atom. The van der Waals surface area contributed by atoms with Crippen LogP contribution in [0.3, 0.4) is 0 Å². The lowest BCUT2D eigenvalue weighted by atomic mass is 9.99. The van der Waals surface area contributed by atoms with Crippen molar-refractivity contribution in [3.63, 3.8) is 0 Å². The van der Waals surface area contributed by atoms with E-state index >= 15 is 0 Å². The van der Waals surface area contributed by atoms with Crippen molar-refractivity contribution < 1.29 is 13.5 Å². The van der Waals surface area contributed by atoms with Crippen LogP contribution < -0.4 is 5.32 Å². The first-order valence-electron chi connectivity index (χ1n) is 4.92. The van der Waals surface area contributed by atoms with Crippen molar-refractivity contribution in [3.05, 3.63) is 0 Å². The second-order valence-electron chi connectivity index (χ2n) is 3.94. The number of aliphatic hydroxyl groups is 1. The minimum atomic E-state index is -3.22. The predicted molar refractivity (Wildman–Crippen MR) is 55.9 cm³/mol. The van der Waals surface area contributed by atoms with Gasteiger partial charge in [-0.05, 0) is 19.3 Å². The first kappa shape index (κ1) is 12.4. The summed E-state index contributed by atoms with van der Waals surface area (Å²) >= 11 is 0. The first-order chi connectivity index (χ1) is 6.96. The van der Waals surface area contributed by atoms with Crippen molar-refractivity contribution in [3.8, 4) is 6.07 Å². The molecule has 5 nitrogen and oxygen atoms in total. The zero-order valence-corrected chi connectivity index (χ0v) is 9.55. The molecule has 1 saturated carbocycles. The standard InChI is InChI=1S/C9H16N2O3S/c1-15(13,14)8-3-2-4-9(8,7-10)11-5-6-12/h8,11-12H,2-6H2,1H3. The Hall–Kier alpha value is -0.640. The van der Waals surface area contributed by atoms with E-state index in [4.69, 9.17) is 10.4 Å². The van der Waals surface area contributed by atoms with Gasteiger partial charge in [-0.25, -0.2) is 8.42 Å². The molecule has 0 heterocycles. The van der Waals surface area contributed by atoms with E-state index in [1.165, 1.54) is 0 Å². The van der Waals surface area contributed by atoms with Gasteiger partial charge < -0.3 is 5.11 Å². The second kappa shape index (κ2) is 4.47. The van der Waals surface area contributed by atoms with Crippen molar-refractivity contribution in [2.24, 2.45) is 0 Å². The fraction of sp³-hybridized carbons (Fsp3) is 0.889. The summed E-state index contributed by atoms with van der Waals surface area (Å²) in [7, 11) is -3.22. The van der Waals surface area contributed by atoms with Gasteiger partial charge >= 0.3 is 0 Å². The van der Waals surface area contributed by atoms with Crippen LogP contribution in [-0.4, -0.2) is 43.7 Å². The maximum Gasteiger partial charge on any atom is 0.153 e. The summed E-state index contributed by atoms with van der Waals surface area (Å²) in [6.45, 7) is 0.152. The Labute approximate surface area is 90.0 Å². The largest absolute Gasteiger partial charge is 0.395 e. The topological polar surface area (TPSA) is 90.2 Å². The van der Waals surface area contributed by atoms with Gasteiger partial charge in [0.1, 0.15) is 5.54 Å². The molecule has 0 saturated heterocycles. The van der Waals surface area contributed by atoms with Crippen LogP contribution in [0.4, 0.5) is 0 Å². The van der Waals surface area contributed by atoms with Crippen molar-refractivity contribution >= 4 is 9.84 Å². The molecule has 6 heteroatoms. The van der Waals surface area contributed by atoms with E-state index in [2.05, 4.69) is 11.4 Å². The van der Waals surface area contributed by atoms with E-state index in [9.17, 15) is 8.42 Å². The number of hydrogen-bond donors (Lipinski definition) is 2. The van der Waals surface area contributed by atoms with E-state index in [0.717, 1.165) is 12.7 Å². The summed E-state index contributed by atoms with van der Waals surface area (Å²) in [6, 6.07) is 2.07. The van der Waals surface area contributed by atoms with Gasteiger partial charge in [0.15, 0.2) is 9.84 Å². The quantitative estimate of drug-likeness (QED) is 0.677. The van der Waals surface area contributed by atoms with Crippen molar-refractivity contribution in [2.75, 3.05) is 19.4 Å². The van der Waals surface area contributed by atoms with Crippen LogP contribution in [-0.2, 0) is 9.84 Å². The lowest BCUT2D eigenvalue weighted by Gasteiger charge is -2.28. The van der Waals surface area contributed by atoms with Crippen LogP contribution in [0.5, 0.6) is 0 Å². The number of rotatable bonds is 4. The van der Waals surface area contributed by atoms with Crippen LogP contribution >= 0.6 is 0 Å². The minimum Gasteiger partial charge on any atom is -0.395 e. The molecule has 0 radical (unpaired) electrons. The Bertz CT molecular complexity index is 360. The van der Waals surface area contributed by atoms with Gasteiger partial charge in [-0.3, -0.25) is 5.32 Å². The van der Waals surface area contributed by atoms with Gasteiger partial charge in [0.05, 0.1) is 17.9 Å². The van der Waals surface area contributed by atoms with Gasteiger partial charge in [-0.2, -0.15) is 5.26 Å². The second-order valence-corrected chi connectivity index (χ2v) is 6.17. The Morgan fingerprint density at radius 1 is 1.67 bits per heavy atom. The number of nitriles is 1. The fourth-order valence-electron chi connectivity index (χ4n) is 2.20. The number of hydrogen-bond acceptors (Lipinski definition) is 5. The van der Waals surface area contributed by atoms with Crippen LogP contribution in [0.25, 0.3) is 0 Å². The molecular formula is C9H16N2O3S. The highest BCUT2D eigenvalue weighted by molar-refractivity contribution is 7.91. The van der Waals surface area contributed by atoms with Crippen LogP contribution in [0.15, 0.2) is 0 Å². The summed E-state index contributed by atoms with van der Waals surface area (Å²) < 4.78 is 23.0. The number of sulfone groups is 1. The SMILES string of the molecule is CS(=O)(=O)C1CCCC1(C#N)NCCO. The summed E-state index contributed by atoms with van der Waals surface area (Å²) in [4.78, 5) is 0. The van der Waals surface area contributed by atoms with Crippen LogP contribution in [0.2, 0.25) is 0 Å². The smallest absolute Gasteiger partial charge is 0.153 e. The highest BCUT2D eigenvalue weighted by Gasteiger charge is 2.48. The molecule has 0 aromatic rings. The molecule has 2 N–H and O–H groups in total. The molecule has 0 amide bonds. The molecule has 1 aliphatic rings. The van der Waals surface area contributed by atoms with E-state index in [0.29, 0.717) is 12.8 Å². The molecule has 2 unspecified atom stereocenters. The van der Waals surface area contributed by atoms with E-state index in [1.807, 2.05) is 0 Å². The van der Waals surface area contributed by atoms with Crippen LogP contribution in [0.1, 0.15) is 19.3 Å². The van der Waals surface area contributed by atoms with E-state index in [1.54, 1.807) is 0 Å². The van der Waals surface area contributed by atoms with Gasteiger partial charge in [-0.15, -0.1) is 0 Å². The lowest BCUT2D eigenvalue weighted by molar-refractivity contribution is 0.272. The summed E-state index contributed by atoms with van der Waals surface area (Å²) in [5, 5.41) is 20.0. The molecule has 1 aliphatic carbocycles. The third-order valence-corrected chi connectivity index (χ3v) is 4.53. The van der Waals surface area contributed by atoms with Crippen LogP contribution in [0, 0.1) is 11.3 Å². The maximum atomic E-state index is 11.5. The van der Waals surface area contributed by atoms with Crippen molar-refractivity contribution in [1.82, 2.24) is 5.32 Å². The normalized spacial score (nSPS) is 31.4. The Balaban J connectivity index is 2.93. The third kappa shape index (κ3) is 2.48. The highest BCUT2D eigenvalue weighted by atomic mass is 32.2. The summed E-state index contributed by atoms with van der Waals surface area (Å²) in [5.74, 6) is 0. The molecule has 0 spiro atoms. The van der Waals surface area contributed by atoms with Crippen molar-refractivity contribution in [2.45, 2.75) is 30.1 Å². The van der Waals surface area contributed by atoms with E-state index in [-0.39, 0.29) is 13.2 Å². The predicted octanol–water partition coefficient (Wildman–Crippen LogP) is -0.572. The fourth-order valence-corrected chi connectivity index (χ4v) is 3.78. The molecule has 0 aromatic carbocycles. The first-order valence-corrected chi connectivity index (χ1v) is 6.88. The molecule has 1 fully saturated rings. The van der Waals surface area contributed by atoms with Gasteiger partial charge in [-0.1, -0.05) is 0 Å². The molecule has 0 bridgehead atoms. The Kier molecular flexibility index (Phi) is 3.71. The third-order valence-electron chi connectivity index (χ3n) is 2.86. The van der Waals surface area contributed by atoms with Gasteiger partial charge in [0.25, 0.3) is 0 Å². The zero-order chi connectivity index (χ0) is 11.5. The average molecular weight is 232 g/mol. The lowest BCUT2D eigenvalue weighted by Crippen LogP contribution is -2.53. The molecule has 15 heavy (non-hydrogen) atoms. The molecule has 0 aromatic heterocycles. The average Bonchev–Trinajstić information content (AvgIpc) is 2.58. The van der Waals surface area contributed by atoms with Gasteiger partial charge in [0.2, 0.25) is 0 Å². The number of nitrogens with zero attached hydrogens (tertiary/aromatic N) is 1. The number of aliphatic hydroxyl groups excluding tert-OH is 1. The van der Waals surface area contributed by atoms with Crippen molar-refractivity contribution in [1.29, 1.82) is 5.26 Å². The molecule has 0 aliphatic heterocycles. The summed E-state index contributed by atoms with van der Waals surface area (Å²) in [6.07, 6.45) is 2.94. The van der Waals surface area contributed by atoms with E-state index < -0.39 is 20.6 Å². The Morgan fingerprint density at radius 2 is 2.33 bits per heavy atom. The monoisotopic (exact) mass is 232 g/mol. The molecule has 1 rings (SSSR count). The molecular weight excluding hydrogens is 216 g/mol. The molecule has 2 atom stereocenters.